The van der Waals surface area contributed by atoms with E-state index in [4.69, 9.17) is 0 Å². The summed E-state index contributed by atoms with van der Waals surface area (Å²) in [6.07, 6.45) is 4.42. The molecule has 2 rings (SSSR count). The van der Waals surface area contributed by atoms with Gasteiger partial charge < -0.3 is 10.6 Å². The Kier molecular flexibility index (Phi) is 4.66. The van der Waals surface area contributed by atoms with Crippen LogP contribution >= 0.6 is 0 Å². The monoisotopic (exact) mass is 257 g/mol. The fraction of sp³-hybridized carbons (Fsp3) is 0.357. The Hall–Kier alpha value is -2.17. The first-order valence-electron chi connectivity index (χ1n) is 6.53. The van der Waals surface area contributed by atoms with E-state index in [0.29, 0.717) is 0 Å². The van der Waals surface area contributed by atoms with Gasteiger partial charge in [-0.3, -0.25) is 4.98 Å². The molecule has 2 aromatic heterocycles. The largest absolute Gasteiger partial charge is 0.370 e. The Labute approximate surface area is 113 Å². The second-order valence-corrected chi connectivity index (χ2v) is 4.34. The Bertz CT molecular complexity index is 500. The number of nitrogens with zero attached hydrogens (tertiary/aromatic N) is 3. The molecule has 0 aromatic carbocycles. The first kappa shape index (κ1) is 13.3. The first-order chi connectivity index (χ1) is 9.29. The molecule has 0 spiro atoms. The highest BCUT2D eigenvalue weighted by atomic mass is 15.1. The van der Waals surface area contributed by atoms with Crippen LogP contribution in [0.1, 0.15) is 32.0 Å². The number of hydrogen-bond donors (Lipinski definition) is 2. The smallest absolute Gasteiger partial charge is 0.131 e. The number of aromatic nitrogens is 3. The Morgan fingerprint density at radius 2 is 2.00 bits per heavy atom. The highest BCUT2D eigenvalue weighted by Gasteiger charge is 2.07. The summed E-state index contributed by atoms with van der Waals surface area (Å²) in [5.74, 6) is 1.64. The van der Waals surface area contributed by atoms with Gasteiger partial charge in [0.05, 0.1) is 11.7 Å². The van der Waals surface area contributed by atoms with E-state index in [1.165, 1.54) is 0 Å². The lowest BCUT2D eigenvalue weighted by Crippen LogP contribution is -2.10. The van der Waals surface area contributed by atoms with E-state index >= 15 is 0 Å². The van der Waals surface area contributed by atoms with Crippen molar-refractivity contribution in [1.82, 2.24) is 15.0 Å². The molecule has 0 fully saturated rings. The molecule has 0 saturated carbocycles. The highest BCUT2D eigenvalue weighted by molar-refractivity contribution is 5.47. The van der Waals surface area contributed by atoms with Crippen molar-refractivity contribution in [1.29, 1.82) is 0 Å². The zero-order valence-corrected chi connectivity index (χ0v) is 11.3. The quantitative estimate of drug-likeness (QED) is 0.833. The third kappa shape index (κ3) is 3.91. The van der Waals surface area contributed by atoms with Gasteiger partial charge in [0.15, 0.2) is 0 Å². The predicted octanol–water partition coefficient (Wildman–Crippen LogP) is 2.87. The molecule has 2 heterocycles. The van der Waals surface area contributed by atoms with Gasteiger partial charge in [-0.05, 0) is 25.5 Å². The topological polar surface area (TPSA) is 62.7 Å². The van der Waals surface area contributed by atoms with Crippen LogP contribution in [0.3, 0.4) is 0 Å². The van der Waals surface area contributed by atoms with E-state index in [2.05, 4.69) is 39.4 Å². The summed E-state index contributed by atoms with van der Waals surface area (Å²) < 4.78 is 0. The summed E-state index contributed by atoms with van der Waals surface area (Å²) >= 11 is 0. The molecule has 5 heteroatoms. The third-order valence-corrected chi connectivity index (χ3v) is 2.72. The Morgan fingerprint density at radius 3 is 2.74 bits per heavy atom. The molecule has 0 aliphatic rings. The lowest BCUT2D eigenvalue weighted by Gasteiger charge is -2.14. The minimum Gasteiger partial charge on any atom is -0.370 e. The summed E-state index contributed by atoms with van der Waals surface area (Å²) in [6, 6.07) is 7.90. The van der Waals surface area contributed by atoms with Crippen molar-refractivity contribution in [2.24, 2.45) is 0 Å². The molecule has 0 radical (unpaired) electrons. The van der Waals surface area contributed by atoms with Crippen LogP contribution in [-0.4, -0.2) is 21.5 Å². The molecule has 100 valence electrons. The van der Waals surface area contributed by atoms with Gasteiger partial charge >= 0.3 is 0 Å². The van der Waals surface area contributed by atoms with Gasteiger partial charge in [0.2, 0.25) is 0 Å². The minimum absolute atomic E-state index is 0.107. The number of rotatable bonds is 6. The average molecular weight is 257 g/mol. The van der Waals surface area contributed by atoms with Crippen LogP contribution in [0.5, 0.6) is 0 Å². The average Bonchev–Trinajstić information content (AvgIpc) is 2.46. The normalized spacial score (nSPS) is 11.9. The molecular weight excluding hydrogens is 238 g/mol. The summed E-state index contributed by atoms with van der Waals surface area (Å²) in [7, 11) is 0. The molecule has 5 nitrogen and oxygen atoms in total. The standard InChI is InChI=1S/C14H19N5/c1-3-7-16-13-9-14(18-10-17-13)19-11(2)12-6-4-5-8-15-12/h4-6,8-11H,3,7H2,1-2H3,(H2,16,17,18,19). The first-order valence-corrected chi connectivity index (χ1v) is 6.53. The summed E-state index contributed by atoms with van der Waals surface area (Å²) in [4.78, 5) is 12.7. The molecule has 0 aliphatic carbocycles. The van der Waals surface area contributed by atoms with Crippen molar-refractivity contribution in [3.63, 3.8) is 0 Å². The van der Waals surface area contributed by atoms with Gasteiger partial charge in [-0.25, -0.2) is 9.97 Å². The fourth-order valence-electron chi connectivity index (χ4n) is 1.71. The molecule has 0 amide bonds. The number of hydrogen-bond acceptors (Lipinski definition) is 5. The van der Waals surface area contributed by atoms with Crippen molar-refractivity contribution in [2.75, 3.05) is 17.2 Å². The van der Waals surface area contributed by atoms with Crippen molar-refractivity contribution in [3.05, 3.63) is 42.5 Å². The zero-order chi connectivity index (χ0) is 13.5. The maximum absolute atomic E-state index is 4.33. The van der Waals surface area contributed by atoms with Gasteiger partial charge in [-0.1, -0.05) is 13.0 Å². The van der Waals surface area contributed by atoms with Crippen LogP contribution in [0.25, 0.3) is 0 Å². The van der Waals surface area contributed by atoms with E-state index in [-0.39, 0.29) is 6.04 Å². The summed E-state index contributed by atoms with van der Waals surface area (Å²) in [6.45, 7) is 5.09. The summed E-state index contributed by atoms with van der Waals surface area (Å²) in [5.41, 5.74) is 0.990. The summed E-state index contributed by atoms with van der Waals surface area (Å²) in [5, 5.41) is 6.56. The number of nitrogens with one attached hydrogen (secondary N) is 2. The number of anilines is 2. The molecule has 1 unspecified atom stereocenters. The van der Waals surface area contributed by atoms with Crippen LogP contribution in [0, 0.1) is 0 Å². The van der Waals surface area contributed by atoms with Crippen molar-refractivity contribution >= 4 is 11.6 Å². The molecule has 1 atom stereocenters. The molecule has 0 saturated heterocycles. The minimum atomic E-state index is 0.107. The second kappa shape index (κ2) is 6.68. The molecule has 2 N–H and O–H groups in total. The lowest BCUT2D eigenvalue weighted by atomic mass is 10.2. The van der Waals surface area contributed by atoms with Crippen LogP contribution < -0.4 is 10.6 Å². The molecule has 19 heavy (non-hydrogen) atoms. The van der Waals surface area contributed by atoms with E-state index in [1.54, 1.807) is 12.5 Å². The van der Waals surface area contributed by atoms with Gasteiger partial charge in [-0.2, -0.15) is 0 Å². The van der Waals surface area contributed by atoms with E-state index in [0.717, 1.165) is 30.3 Å². The van der Waals surface area contributed by atoms with Crippen molar-refractivity contribution in [2.45, 2.75) is 26.3 Å². The van der Waals surface area contributed by atoms with Crippen molar-refractivity contribution in [3.8, 4) is 0 Å². The Morgan fingerprint density at radius 1 is 1.16 bits per heavy atom. The molecule has 0 bridgehead atoms. The lowest BCUT2D eigenvalue weighted by molar-refractivity contribution is 0.830. The maximum atomic E-state index is 4.33. The fourth-order valence-corrected chi connectivity index (χ4v) is 1.71. The zero-order valence-electron chi connectivity index (χ0n) is 11.3. The van der Waals surface area contributed by atoms with Gasteiger partial charge in [-0.15, -0.1) is 0 Å². The van der Waals surface area contributed by atoms with Crippen LogP contribution in [-0.2, 0) is 0 Å². The Balaban J connectivity index is 2.02. The van der Waals surface area contributed by atoms with Gasteiger partial charge in [0.25, 0.3) is 0 Å². The van der Waals surface area contributed by atoms with Crippen LogP contribution in [0.2, 0.25) is 0 Å². The van der Waals surface area contributed by atoms with Gasteiger partial charge in [0.1, 0.15) is 18.0 Å². The van der Waals surface area contributed by atoms with E-state index < -0.39 is 0 Å². The maximum Gasteiger partial charge on any atom is 0.131 e. The van der Waals surface area contributed by atoms with Gasteiger partial charge in [0, 0.05) is 18.8 Å². The highest BCUT2D eigenvalue weighted by Crippen LogP contribution is 2.16. The van der Waals surface area contributed by atoms with E-state index in [9.17, 15) is 0 Å². The molecular formula is C14H19N5. The van der Waals surface area contributed by atoms with Crippen LogP contribution in [0.4, 0.5) is 11.6 Å². The second-order valence-electron chi connectivity index (χ2n) is 4.34. The predicted molar refractivity (Wildman–Crippen MR) is 77.1 cm³/mol. The number of pyridine rings is 1. The SMILES string of the molecule is CCCNc1cc(NC(C)c2ccccn2)ncn1. The van der Waals surface area contributed by atoms with Crippen LogP contribution in [0.15, 0.2) is 36.8 Å². The molecule has 0 aliphatic heterocycles. The van der Waals surface area contributed by atoms with Crippen molar-refractivity contribution < 1.29 is 0 Å². The van der Waals surface area contributed by atoms with E-state index in [1.807, 2.05) is 24.3 Å². The third-order valence-electron chi connectivity index (χ3n) is 2.72. The molecule has 2 aromatic rings.